The molecule has 3 aromatic heterocycles. The number of rotatable bonds is 7. The van der Waals surface area contributed by atoms with Crippen molar-refractivity contribution < 1.29 is 15.3 Å². The van der Waals surface area contributed by atoms with Crippen LogP contribution >= 0.6 is 11.3 Å². The van der Waals surface area contributed by atoms with Gasteiger partial charge >= 0.3 is 0 Å². The number of nitrogens with one attached hydrogen (secondary N) is 2. The average Bonchev–Trinajstić information content (AvgIpc) is 3.51. The van der Waals surface area contributed by atoms with Gasteiger partial charge in [-0.1, -0.05) is 0 Å². The van der Waals surface area contributed by atoms with Gasteiger partial charge in [0.25, 0.3) is 0 Å². The Balaban J connectivity index is 1.42. The summed E-state index contributed by atoms with van der Waals surface area (Å²) in [7, 11) is 0. The Morgan fingerprint density at radius 2 is 1.80 bits per heavy atom. The third-order valence-corrected chi connectivity index (χ3v) is 8.62. The highest BCUT2D eigenvalue weighted by molar-refractivity contribution is 7.21. The zero-order valence-corrected chi connectivity index (χ0v) is 20.8. The van der Waals surface area contributed by atoms with Gasteiger partial charge in [0.05, 0.1) is 33.8 Å². The van der Waals surface area contributed by atoms with E-state index in [2.05, 4.69) is 16.7 Å². The Morgan fingerprint density at radius 3 is 2.46 bits per heavy atom. The van der Waals surface area contributed by atoms with Crippen LogP contribution in [0.1, 0.15) is 61.5 Å². The van der Waals surface area contributed by atoms with Crippen LogP contribution in [0.15, 0.2) is 6.07 Å². The molecule has 186 valence electrons. The van der Waals surface area contributed by atoms with E-state index in [0.29, 0.717) is 30.1 Å². The van der Waals surface area contributed by atoms with E-state index in [0.717, 1.165) is 63.6 Å². The minimum atomic E-state index is -0.998. The summed E-state index contributed by atoms with van der Waals surface area (Å²) in [6.45, 7) is 3.81. The predicted octanol–water partition coefficient (Wildman–Crippen LogP) is 3.12. The number of hydrogen-bond donors (Lipinski definition) is 5. The molecule has 0 unspecified atom stereocenters. The summed E-state index contributed by atoms with van der Waals surface area (Å²) in [5, 5.41) is 38.3. The Labute approximate surface area is 208 Å². The first-order valence-corrected chi connectivity index (χ1v) is 13.4. The second-order valence-corrected chi connectivity index (χ2v) is 11.4. The second-order valence-electron chi connectivity index (χ2n) is 10.3. The maximum atomic E-state index is 10.7. The summed E-state index contributed by atoms with van der Waals surface area (Å²) in [5.41, 5.74) is 4.64. The van der Waals surface area contributed by atoms with Crippen LogP contribution in [-0.2, 0) is 0 Å². The van der Waals surface area contributed by atoms with Crippen LogP contribution in [0.3, 0.4) is 0 Å². The van der Waals surface area contributed by atoms with Crippen molar-refractivity contribution in [3.05, 3.63) is 23.1 Å². The van der Waals surface area contributed by atoms with Crippen LogP contribution in [0.4, 0.5) is 11.8 Å². The molecule has 0 saturated heterocycles. The number of anilines is 2. The first-order chi connectivity index (χ1) is 16.9. The number of aromatic nitrogens is 4. The van der Waals surface area contributed by atoms with Gasteiger partial charge in [-0.3, -0.25) is 4.98 Å². The number of fused-ring (bicyclic) bond motifs is 1. The zero-order valence-electron chi connectivity index (χ0n) is 20.0. The van der Waals surface area contributed by atoms with Gasteiger partial charge in [0.2, 0.25) is 5.95 Å². The van der Waals surface area contributed by atoms with Gasteiger partial charge < -0.3 is 26.0 Å². The maximum absolute atomic E-state index is 10.7. The van der Waals surface area contributed by atoms with Crippen LogP contribution < -0.4 is 10.6 Å². The molecule has 6 rings (SSSR count). The minimum Gasteiger partial charge on any atom is -0.396 e. The molecule has 3 aromatic rings. The van der Waals surface area contributed by atoms with Crippen molar-refractivity contribution in [2.24, 2.45) is 5.92 Å². The minimum absolute atomic E-state index is 0.172. The fourth-order valence-electron chi connectivity index (χ4n) is 5.18. The normalized spacial score (nSPS) is 26.8. The van der Waals surface area contributed by atoms with Gasteiger partial charge in [-0.2, -0.15) is 4.98 Å². The van der Waals surface area contributed by atoms with Gasteiger partial charge in [0, 0.05) is 30.2 Å². The highest BCUT2D eigenvalue weighted by Gasteiger charge is 2.41. The number of thiazole rings is 1. The molecule has 0 spiro atoms. The average molecular weight is 497 g/mol. The molecular formula is C25H32N6O3S. The number of nitrogens with zero attached hydrogens (tertiary/aromatic N) is 4. The summed E-state index contributed by atoms with van der Waals surface area (Å²) in [6, 6.07) is 2.02. The molecule has 3 fully saturated rings. The topological polar surface area (TPSA) is 136 Å². The molecule has 3 aliphatic rings. The lowest BCUT2D eigenvalue weighted by molar-refractivity contribution is 0.00446. The van der Waals surface area contributed by atoms with E-state index in [-0.39, 0.29) is 12.5 Å². The van der Waals surface area contributed by atoms with Gasteiger partial charge in [-0.15, -0.1) is 11.3 Å². The molecule has 0 aromatic carbocycles. The van der Waals surface area contributed by atoms with Crippen LogP contribution in [-0.4, -0.2) is 66.2 Å². The molecule has 5 N–H and O–H groups in total. The van der Waals surface area contributed by atoms with Crippen LogP contribution in [0.25, 0.3) is 20.8 Å². The number of hydrogen-bond acceptors (Lipinski definition) is 10. The number of pyridine rings is 1. The van der Waals surface area contributed by atoms with Crippen LogP contribution in [0, 0.1) is 19.8 Å². The molecule has 4 atom stereocenters. The maximum Gasteiger partial charge on any atom is 0.225 e. The molecule has 0 bridgehead atoms. The highest BCUT2D eigenvalue weighted by Crippen LogP contribution is 2.45. The van der Waals surface area contributed by atoms with Crippen molar-refractivity contribution in [1.82, 2.24) is 19.9 Å². The van der Waals surface area contributed by atoms with E-state index in [1.54, 1.807) is 11.3 Å². The Hall–Kier alpha value is -2.40. The van der Waals surface area contributed by atoms with E-state index in [9.17, 15) is 15.3 Å². The van der Waals surface area contributed by atoms with Gasteiger partial charge in [0.15, 0.2) is 0 Å². The van der Waals surface area contributed by atoms with Crippen LogP contribution in [0.2, 0.25) is 0 Å². The van der Waals surface area contributed by atoms with E-state index in [4.69, 9.17) is 19.9 Å². The molecule has 3 heterocycles. The lowest BCUT2D eigenvalue weighted by Crippen LogP contribution is -2.36. The lowest BCUT2D eigenvalue weighted by Gasteiger charge is -2.27. The fourth-order valence-corrected chi connectivity index (χ4v) is 6.35. The molecule has 0 aliphatic heterocycles. The monoisotopic (exact) mass is 496 g/mol. The Morgan fingerprint density at radius 1 is 1.00 bits per heavy atom. The summed E-state index contributed by atoms with van der Waals surface area (Å²) < 4.78 is 1.10. The predicted molar refractivity (Wildman–Crippen MR) is 136 cm³/mol. The third kappa shape index (κ3) is 4.26. The standard InChI is InChI=1S/C25H32N6O3S/c1-11-8-17-20(19(26-11)13-6-7-13)30-24(35-17)18-12(2)27-25(28-15-4-3-5-15)31-23(18)29-16-9-14(10-32)21(33)22(16)34/h8,13-16,21-22,32-34H,3-7,9-10H2,1-2H3,(H2,27,28,29,31)/t14-,16-,21-,22+/m1/s1. The SMILES string of the molecule is Cc1cc2sc(-c3c(C)nc(NC4CCC4)nc3N[C@@H]3C[C@H](CO)[C@@H](O)[C@H]3O)nc2c(C2CC2)n1. The molecule has 3 saturated carbocycles. The summed E-state index contributed by atoms with van der Waals surface area (Å²) >= 11 is 1.61. The van der Waals surface area contributed by atoms with E-state index < -0.39 is 18.2 Å². The summed E-state index contributed by atoms with van der Waals surface area (Å²) in [4.78, 5) is 19.4. The number of aliphatic hydroxyl groups is 3. The molecule has 0 amide bonds. The Kier molecular flexibility index (Phi) is 5.87. The van der Waals surface area contributed by atoms with Crippen molar-refractivity contribution in [3.63, 3.8) is 0 Å². The lowest BCUT2D eigenvalue weighted by atomic mass is 9.93. The molecule has 10 heteroatoms. The van der Waals surface area contributed by atoms with Crippen molar-refractivity contribution in [2.45, 2.75) is 82.6 Å². The van der Waals surface area contributed by atoms with Crippen molar-refractivity contribution in [2.75, 3.05) is 17.2 Å². The van der Waals surface area contributed by atoms with Crippen molar-refractivity contribution in [3.8, 4) is 10.6 Å². The second kappa shape index (κ2) is 8.92. The summed E-state index contributed by atoms with van der Waals surface area (Å²) in [6.07, 6.45) is 4.19. The van der Waals surface area contributed by atoms with E-state index >= 15 is 0 Å². The smallest absolute Gasteiger partial charge is 0.225 e. The molecule has 0 radical (unpaired) electrons. The molecular weight excluding hydrogens is 464 g/mol. The number of aliphatic hydroxyl groups excluding tert-OH is 3. The Bertz CT molecular complexity index is 1260. The molecule has 9 nitrogen and oxygen atoms in total. The molecule has 3 aliphatic carbocycles. The highest BCUT2D eigenvalue weighted by atomic mass is 32.1. The van der Waals surface area contributed by atoms with Gasteiger partial charge in [0.1, 0.15) is 22.4 Å². The molecule has 35 heavy (non-hydrogen) atoms. The van der Waals surface area contributed by atoms with Gasteiger partial charge in [-0.05, 0) is 58.4 Å². The first-order valence-electron chi connectivity index (χ1n) is 12.6. The van der Waals surface area contributed by atoms with Gasteiger partial charge in [-0.25, -0.2) is 9.97 Å². The first kappa shape index (κ1) is 23.0. The number of aryl methyl sites for hydroxylation is 2. The van der Waals surface area contributed by atoms with Crippen LogP contribution in [0.5, 0.6) is 0 Å². The fraction of sp³-hybridized carbons (Fsp3) is 0.600. The van der Waals surface area contributed by atoms with Crippen molar-refractivity contribution in [1.29, 1.82) is 0 Å². The third-order valence-electron chi connectivity index (χ3n) is 7.60. The zero-order chi connectivity index (χ0) is 24.3. The van der Waals surface area contributed by atoms with E-state index in [1.165, 1.54) is 6.42 Å². The quantitative estimate of drug-likeness (QED) is 0.334. The largest absolute Gasteiger partial charge is 0.396 e. The summed E-state index contributed by atoms with van der Waals surface area (Å²) in [5.74, 6) is 1.26. The van der Waals surface area contributed by atoms with E-state index in [1.807, 2.05) is 13.8 Å². The van der Waals surface area contributed by atoms with Crippen molar-refractivity contribution >= 4 is 33.3 Å².